The third-order valence-corrected chi connectivity index (χ3v) is 3.70. The van der Waals surface area contributed by atoms with Crippen LogP contribution in [0.3, 0.4) is 0 Å². The molecule has 3 heteroatoms. The van der Waals surface area contributed by atoms with Gasteiger partial charge in [-0.25, -0.2) is 0 Å². The highest BCUT2D eigenvalue weighted by molar-refractivity contribution is 9.10. The van der Waals surface area contributed by atoms with Crippen LogP contribution in [0.5, 0.6) is 5.75 Å². The SMILES string of the molecule is CCCCCCCCOc1ccc(Br)cc1CCl. The zero-order valence-corrected chi connectivity index (χ0v) is 13.4. The van der Waals surface area contributed by atoms with Crippen molar-refractivity contribution in [3.8, 4) is 5.75 Å². The zero-order valence-electron chi connectivity index (χ0n) is 11.1. The highest BCUT2D eigenvalue weighted by Crippen LogP contribution is 2.25. The van der Waals surface area contributed by atoms with Gasteiger partial charge in [0.15, 0.2) is 0 Å². The lowest BCUT2D eigenvalue weighted by molar-refractivity contribution is 0.302. The van der Waals surface area contributed by atoms with Gasteiger partial charge in [-0.15, -0.1) is 11.6 Å². The van der Waals surface area contributed by atoms with Crippen molar-refractivity contribution in [2.45, 2.75) is 51.3 Å². The van der Waals surface area contributed by atoms with Crippen molar-refractivity contribution < 1.29 is 4.74 Å². The van der Waals surface area contributed by atoms with Crippen LogP contribution in [-0.2, 0) is 5.88 Å². The smallest absolute Gasteiger partial charge is 0.123 e. The average molecular weight is 334 g/mol. The number of unbranched alkanes of at least 4 members (excludes halogenated alkanes) is 5. The van der Waals surface area contributed by atoms with E-state index in [0.717, 1.165) is 28.8 Å². The minimum atomic E-state index is 0.491. The first-order chi connectivity index (χ1) is 8.77. The Balaban J connectivity index is 2.22. The highest BCUT2D eigenvalue weighted by atomic mass is 79.9. The predicted octanol–water partition coefficient (Wildman–Crippen LogP) is 5.93. The van der Waals surface area contributed by atoms with Gasteiger partial charge in [0.05, 0.1) is 12.5 Å². The molecule has 0 bridgehead atoms. The van der Waals surface area contributed by atoms with Gasteiger partial charge >= 0.3 is 0 Å². The van der Waals surface area contributed by atoms with E-state index in [1.54, 1.807) is 0 Å². The Kier molecular flexibility index (Phi) is 8.53. The maximum absolute atomic E-state index is 5.90. The molecule has 0 spiro atoms. The van der Waals surface area contributed by atoms with E-state index in [-0.39, 0.29) is 0 Å². The van der Waals surface area contributed by atoms with Crippen molar-refractivity contribution in [1.29, 1.82) is 0 Å². The molecule has 1 aromatic carbocycles. The molecule has 0 N–H and O–H groups in total. The standard InChI is InChI=1S/C15H22BrClO/c1-2-3-4-5-6-7-10-18-15-9-8-14(16)11-13(15)12-17/h8-9,11H,2-7,10,12H2,1H3. The summed E-state index contributed by atoms with van der Waals surface area (Å²) in [6, 6.07) is 6.00. The summed E-state index contributed by atoms with van der Waals surface area (Å²) in [5.41, 5.74) is 1.05. The lowest BCUT2D eigenvalue weighted by Crippen LogP contribution is -1.99. The Hall–Kier alpha value is -0.210. The molecular weight excluding hydrogens is 312 g/mol. The summed E-state index contributed by atoms with van der Waals surface area (Å²) >= 11 is 9.34. The Bertz CT molecular complexity index is 341. The summed E-state index contributed by atoms with van der Waals surface area (Å²) in [7, 11) is 0. The van der Waals surface area contributed by atoms with Gasteiger partial charge in [0, 0.05) is 10.0 Å². The molecule has 1 rings (SSSR count). The van der Waals surface area contributed by atoms with Crippen molar-refractivity contribution in [1.82, 2.24) is 0 Å². The van der Waals surface area contributed by atoms with Crippen LogP contribution < -0.4 is 4.74 Å². The third-order valence-electron chi connectivity index (χ3n) is 2.92. The van der Waals surface area contributed by atoms with Crippen LogP contribution in [0.15, 0.2) is 22.7 Å². The normalized spacial score (nSPS) is 10.6. The molecule has 0 saturated carbocycles. The number of benzene rings is 1. The maximum atomic E-state index is 5.90. The van der Waals surface area contributed by atoms with E-state index in [1.165, 1.54) is 32.1 Å². The van der Waals surface area contributed by atoms with Crippen LogP contribution in [-0.4, -0.2) is 6.61 Å². The van der Waals surface area contributed by atoms with Gasteiger partial charge in [0.2, 0.25) is 0 Å². The Morgan fingerprint density at radius 1 is 1.11 bits per heavy atom. The molecular formula is C15H22BrClO. The lowest BCUT2D eigenvalue weighted by atomic mass is 10.1. The third kappa shape index (κ3) is 6.10. The van der Waals surface area contributed by atoms with Gasteiger partial charge in [-0.1, -0.05) is 55.0 Å². The molecule has 0 aliphatic heterocycles. The van der Waals surface area contributed by atoms with E-state index in [2.05, 4.69) is 22.9 Å². The molecule has 0 radical (unpaired) electrons. The Morgan fingerprint density at radius 3 is 2.56 bits per heavy atom. The fourth-order valence-electron chi connectivity index (χ4n) is 1.86. The molecule has 1 nitrogen and oxygen atoms in total. The van der Waals surface area contributed by atoms with Gasteiger partial charge in [0.25, 0.3) is 0 Å². The fraction of sp³-hybridized carbons (Fsp3) is 0.600. The van der Waals surface area contributed by atoms with Crippen molar-refractivity contribution in [3.63, 3.8) is 0 Å². The second-order valence-electron chi connectivity index (χ2n) is 4.50. The molecule has 0 unspecified atom stereocenters. The molecule has 0 aliphatic carbocycles. The van der Waals surface area contributed by atoms with Gasteiger partial charge in [-0.2, -0.15) is 0 Å². The number of halogens is 2. The maximum Gasteiger partial charge on any atom is 0.123 e. The average Bonchev–Trinajstić information content (AvgIpc) is 2.39. The summed E-state index contributed by atoms with van der Waals surface area (Å²) < 4.78 is 6.83. The van der Waals surface area contributed by atoms with Crippen molar-refractivity contribution in [2.75, 3.05) is 6.61 Å². The van der Waals surface area contributed by atoms with E-state index >= 15 is 0 Å². The second-order valence-corrected chi connectivity index (χ2v) is 5.68. The molecule has 102 valence electrons. The predicted molar refractivity (Wildman–Crippen MR) is 82.6 cm³/mol. The van der Waals surface area contributed by atoms with Gasteiger partial charge < -0.3 is 4.74 Å². The number of alkyl halides is 1. The van der Waals surface area contributed by atoms with Gasteiger partial charge in [0.1, 0.15) is 5.75 Å². The summed E-state index contributed by atoms with van der Waals surface area (Å²) in [5.74, 6) is 1.41. The monoisotopic (exact) mass is 332 g/mol. The Morgan fingerprint density at radius 2 is 1.83 bits per heavy atom. The Labute approximate surface area is 124 Å². The summed E-state index contributed by atoms with van der Waals surface area (Å²) in [6.45, 7) is 3.03. The van der Waals surface area contributed by atoms with Crippen LogP contribution in [0.25, 0.3) is 0 Å². The minimum absolute atomic E-state index is 0.491. The molecule has 0 heterocycles. The molecule has 0 fully saturated rings. The lowest BCUT2D eigenvalue weighted by Gasteiger charge is -2.10. The first-order valence-corrected chi connectivity index (χ1v) is 8.08. The van der Waals surface area contributed by atoms with Crippen LogP contribution in [0, 0.1) is 0 Å². The van der Waals surface area contributed by atoms with Gasteiger partial charge in [-0.3, -0.25) is 0 Å². The van der Waals surface area contributed by atoms with Crippen molar-refractivity contribution >= 4 is 27.5 Å². The molecule has 0 atom stereocenters. The van der Waals surface area contributed by atoms with Crippen LogP contribution in [0.4, 0.5) is 0 Å². The quantitative estimate of drug-likeness (QED) is 0.402. The van der Waals surface area contributed by atoms with Crippen LogP contribution >= 0.6 is 27.5 Å². The summed E-state index contributed by atoms with van der Waals surface area (Å²) in [5, 5.41) is 0. The van der Waals surface area contributed by atoms with E-state index in [4.69, 9.17) is 16.3 Å². The minimum Gasteiger partial charge on any atom is -0.493 e. The molecule has 0 amide bonds. The van der Waals surface area contributed by atoms with Crippen LogP contribution in [0.1, 0.15) is 51.0 Å². The largest absolute Gasteiger partial charge is 0.493 e. The number of ether oxygens (including phenoxy) is 1. The summed E-state index contributed by atoms with van der Waals surface area (Å²) in [6.07, 6.45) is 7.70. The molecule has 1 aromatic rings. The van der Waals surface area contributed by atoms with Gasteiger partial charge in [-0.05, 0) is 24.6 Å². The number of rotatable bonds is 9. The molecule has 0 aliphatic rings. The van der Waals surface area contributed by atoms with Crippen molar-refractivity contribution in [2.24, 2.45) is 0 Å². The van der Waals surface area contributed by atoms with E-state index in [9.17, 15) is 0 Å². The number of hydrogen-bond acceptors (Lipinski definition) is 1. The van der Waals surface area contributed by atoms with Crippen molar-refractivity contribution in [3.05, 3.63) is 28.2 Å². The van der Waals surface area contributed by atoms with E-state index in [0.29, 0.717) is 5.88 Å². The molecule has 18 heavy (non-hydrogen) atoms. The highest BCUT2D eigenvalue weighted by Gasteiger charge is 2.03. The van der Waals surface area contributed by atoms with Crippen LogP contribution in [0.2, 0.25) is 0 Å². The summed E-state index contributed by atoms with van der Waals surface area (Å²) in [4.78, 5) is 0. The van der Waals surface area contributed by atoms with E-state index in [1.807, 2.05) is 18.2 Å². The zero-order chi connectivity index (χ0) is 13.2. The fourth-order valence-corrected chi connectivity index (χ4v) is 2.48. The second kappa shape index (κ2) is 9.69. The first kappa shape index (κ1) is 15.8. The van der Waals surface area contributed by atoms with E-state index < -0.39 is 0 Å². The number of hydrogen-bond donors (Lipinski definition) is 0. The molecule has 0 aromatic heterocycles. The topological polar surface area (TPSA) is 9.23 Å². The molecule has 0 saturated heterocycles. The first-order valence-electron chi connectivity index (χ1n) is 6.75.